The van der Waals surface area contributed by atoms with E-state index in [4.69, 9.17) is 11.6 Å². The molecule has 3 aromatic carbocycles. The van der Waals surface area contributed by atoms with E-state index in [-0.39, 0.29) is 17.3 Å². The van der Waals surface area contributed by atoms with Crippen LogP contribution < -0.4 is 4.90 Å². The van der Waals surface area contributed by atoms with Gasteiger partial charge in [-0.15, -0.1) is 0 Å². The second-order valence-corrected chi connectivity index (χ2v) is 6.73. The molecule has 1 amide bonds. The lowest BCUT2D eigenvalue weighted by atomic mass is 10.1. The van der Waals surface area contributed by atoms with Gasteiger partial charge in [0.15, 0.2) is 0 Å². The maximum absolute atomic E-state index is 13.1. The highest BCUT2D eigenvalue weighted by Crippen LogP contribution is 2.28. The van der Waals surface area contributed by atoms with Crippen molar-refractivity contribution in [2.75, 3.05) is 4.90 Å². The van der Waals surface area contributed by atoms with Crippen molar-refractivity contribution in [2.24, 2.45) is 4.99 Å². The van der Waals surface area contributed by atoms with Crippen LogP contribution in [-0.2, 0) is 4.79 Å². The lowest BCUT2D eigenvalue weighted by molar-refractivity contribution is -0.384. The number of non-ortho nitro benzene ring substituents is 1. The van der Waals surface area contributed by atoms with Gasteiger partial charge in [0.2, 0.25) is 0 Å². The van der Waals surface area contributed by atoms with E-state index in [0.717, 1.165) is 5.56 Å². The first-order valence-electron chi connectivity index (χ1n) is 8.73. The number of hydrogen-bond acceptors (Lipinski definition) is 4. The lowest BCUT2D eigenvalue weighted by Gasteiger charge is -2.18. The number of benzene rings is 3. The Hall–Kier alpha value is -3.77. The molecule has 7 heteroatoms. The van der Waals surface area contributed by atoms with E-state index in [0.29, 0.717) is 22.1 Å². The van der Waals surface area contributed by atoms with Crippen molar-refractivity contribution in [1.82, 2.24) is 0 Å². The molecule has 3 aromatic rings. The molecule has 0 fully saturated rings. The third-order valence-corrected chi connectivity index (χ3v) is 4.64. The van der Waals surface area contributed by atoms with Crippen LogP contribution in [0.1, 0.15) is 11.1 Å². The Kier molecular flexibility index (Phi) is 4.93. The van der Waals surface area contributed by atoms with E-state index in [1.54, 1.807) is 47.4 Å². The summed E-state index contributed by atoms with van der Waals surface area (Å²) in [7, 11) is 0. The largest absolute Gasteiger partial charge is 0.282 e. The Labute approximate surface area is 171 Å². The van der Waals surface area contributed by atoms with Gasteiger partial charge in [0, 0.05) is 22.7 Å². The molecule has 1 heterocycles. The fraction of sp³-hybridized carbons (Fsp3) is 0. The van der Waals surface area contributed by atoms with Crippen molar-refractivity contribution in [2.45, 2.75) is 0 Å². The summed E-state index contributed by atoms with van der Waals surface area (Å²) in [5.41, 5.74) is 2.32. The molecular formula is C22H14ClN3O3. The van der Waals surface area contributed by atoms with Crippen LogP contribution in [0.4, 0.5) is 11.4 Å². The maximum Gasteiger partial charge on any atom is 0.282 e. The van der Waals surface area contributed by atoms with Crippen molar-refractivity contribution in [3.05, 3.63) is 111 Å². The SMILES string of the molecule is O=C1/C(=C\c2ccc([N+](=O)[O-])cc2)N=C(c2ccc(Cl)cc2)N1c1ccccc1. The van der Waals surface area contributed by atoms with Crippen LogP contribution in [0.25, 0.3) is 6.08 Å². The molecule has 0 unspecified atom stereocenters. The standard InChI is InChI=1S/C22H14ClN3O3/c23-17-10-8-16(9-11-17)21-24-20(14-15-6-12-19(13-7-15)26(28)29)22(27)25(21)18-4-2-1-3-5-18/h1-14H/b20-14+. The van der Waals surface area contributed by atoms with Gasteiger partial charge < -0.3 is 0 Å². The number of carbonyl (C=O) groups excluding carboxylic acids is 1. The van der Waals surface area contributed by atoms with Crippen LogP contribution in [0, 0.1) is 10.1 Å². The average Bonchev–Trinajstić information content (AvgIpc) is 3.05. The van der Waals surface area contributed by atoms with E-state index in [9.17, 15) is 14.9 Å². The molecule has 142 valence electrons. The number of nitro benzene ring substituents is 1. The number of rotatable bonds is 4. The van der Waals surface area contributed by atoms with E-state index >= 15 is 0 Å². The summed E-state index contributed by atoms with van der Waals surface area (Å²) in [6.07, 6.45) is 1.62. The van der Waals surface area contributed by atoms with Crippen LogP contribution in [-0.4, -0.2) is 16.7 Å². The van der Waals surface area contributed by atoms with Gasteiger partial charge in [-0.05, 0) is 60.2 Å². The minimum Gasteiger partial charge on any atom is -0.266 e. The molecule has 6 nitrogen and oxygen atoms in total. The number of anilines is 1. The van der Waals surface area contributed by atoms with E-state index in [2.05, 4.69) is 4.99 Å². The summed E-state index contributed by atoms with van der Waals surface area (Å²) in [5.74, 6) is 0.213. The number of amidine groups is 1. The monoisotopic (exact) mass is 403 g/mol. The molecule has 1 aliphatic heterocycles. The zero-order valence-electron chi connectivity index (χ0n) is 15.0. The fourth-order valence-corrected chi connectivity index (χ4v) is 3.10. The molecule has 1 aliphatic rings. The molecule has 0 saturated carbocycles. The lowest BCUT2D eigenvalue weighted by Crippen LogP contribution is -2.32. The Morgan fingerprint density at radius 2 is 1.59 bits per heavy atom. The molecular weight excluding hydrogens is 390 g/mol. The zero-order chi connectivity index (χ0) is 20.4. The van der Waals surface area contributed by atoms with Crippen molar-refractivity contribution in [3.63, 3.8) is 0 Å². The minimum absolute atomic E-state index is 0.0128. The first-order chi connectivity index (χ1) is 14.0. The van der Waals surface area contributed by atoms with Gasteiger partial charge in [-0.3, -0.25) is 19.8 Å². The quantitative estimate of drug-likeness (QED) is 0.346. The number of hydrogen-bond donors (Lipinski definition) is 0. The molecule has 0 atom stereocenters. The van der Waals surface area contributed by atoms with E-state index < -0.39 is 4.92 Å². The summed E-state index contributed by atoms with van der Waals surface area (Å²) in [6.45, 7) is 0. The highest BCUT2D eigenvalue weighted by Gasteiger charge is 2.32. The van der Waals surface area contributed by atoms with Crippen LogP contribution in [0.5, 0.6) is 0 Å². The van der Waals surface area contributed by atoms with Gasteiger partial charge in [-0.25, -0.2) is 4.99 Å². The number of nitrogens with zero attached hydrogens (tertiary/aromatic N) is 3. The number of carbonyl (C=O) groups is 1. The third-order valence-electron chi connectivity index (χ3n) is 4.38. The molecule has 0 radical (unpaired) electrons. The van der Waals surface area contributed by atoms with E-state index in [1.165, 1.54) is 12.1 Å². The zero-order valence-corrected chi connectivity index (χ0v) is 15.8. The minimum atomic E-state index is -0.467. The van der Waals surface area contributed by atoms with Gasteiger partial charge in [0.25, 0.3) is 11.6 Å². The van der Waals surface area contributed by atoms with Crippen molar-refractivity contribution < 1.29 is 9.72 Å². The summed E-state index contributed by atoms with van der Waals surface area (Å²) < 4.78 is 0. The van der Waals surface area contributed by atoms with Crippen molar-refractivity contribution in [1.29, 1.82) is 0 Å². The fourth-order valence-electron chi connectivity index (χ4n) is 2.98. The van der Waals surface area contributed by atoms with Gasteiger partial charge in [-0.1, -0.05) is 29.8 Å². The molecule has 29 heavy (non-hydrogen) atoms. The molecule has 0 N–H and O–H groups in total. The number of aliphatic imine (C=N–C) groups is 1. The van der Waals surface area contributed by atoms with Gasteiger partial charge in [-0.2, -0.15) is 0 Å². The predicted molar refractivity (Wildman–Crippen MR) is 113 cm³/mol. The summed E-state index contributed by atoms with van der Waals surface area (Å²) in [6, 6.07) is 22.3. The topological polar surface area (TPSA) is 75.8 Å². The highest BCUT2D eigenvalue weighted by molar-refractivity contribution is 6.34. The highest BCUT2D eigenvalue weighted by atomic mass is 35.5. The van der Waals surface area contributed by atoms with Crippen molar-refractivity contribution in [3.8, 4) is 0 Å². The third kappa shape index (κ3) is 3.79. The Morgan fingerprint density at radius 3 is 2.21 bits per heavy atom. The number of amides is 1. The summed E-state index contributed by atoms with van der Waals surface area (Å²) in [5, 5.41) is 11.4. The van der Waals surface area contributed by atoms with Crippen molar-refractivity contribution >= 4 is 40.8 Å². The maximum atomic E-state index is 13.1. The first-order valence-corrected chi connectivity index (χ1v) is 9.11. The Balaban J connectivity index is 1.77. The number of halogens is 1. The van der Waals surface area contributed by atoms with Gasteiger partial charge in [0.05, 0.1) is 10.6 Å². The Morgan fingerprint density at radius 1 is 0.931 bits per heavy atom. The van der Waals surface area contributed by atoms with Crippen LogP contribution in [0.3, 0.4) is 0 Å². The molecule has 0 aromatic heterocycles. The average molecular weight is 404 g/mol. The predicted octanol–water partition coefficient (Wildman–Crippen LogP) is 5.08. The molecule has 0 aliphatic carbocycles. The Bertz CT molecular complexity index is 1140. The van der Waals surface area contributed by atoms with Gasteiger partial charge in [0.1, 0.15) is 11.5 Å². The van der Waals surface area contributed by atoms with Crippen LogP contribution in [0.15, 0.2) is 89.6 Å². The molecule has 0 saturated heterocycles. The molecule has 0 spiro atoms. The summed E-state index contributed by atoms with van der Waals surface area (Å²) in [4.78, 5) is 29.6. The number of para-hydroxylation sites is 1. The summed E-state index contributed by atoms with van der Waals surface area (Å²) >= 11 is 5.99. The van der Waals surface area contributed by atoms with E-state index in [1.807, 2.05) is 30.3 Å². The first kappa shape index (κ1) is 18.6. The number of nitro groups is 1. The normalized spacial score (nSPS) is 14.9. The molecule has 4 rings (SSSR count). The van der Waals surface area contributed by atoms with Crippen LogP contribution in [0.2, 0.25) is 5.02 Å². The molecule has 0 bridgehead atoms. The second-order valence-electron chi connectivity index (χ2n) is 6.30. The van der Waals surface area contributed by atoms with Crippen LogP contribution >= 0.6 is 11.6 Å². The second kappa shape index (κ2) is 7.69. The van der Waals surface area contributed by atoms with Gasteiger partial charge >= 0.3 is 0 Å². The smallest absolute Gasteiger partial charge is 0.266 e.